The van der Waals surface area contributed by atoms with Crippen LogP contribution < -0.4 is 13.6 Å². The summed E-state index contributed by atoms with van der Waals surface area (Å²) < 4.78 is 18.3. The quantitative estimate of drug-likeness (QED) is 0.246. The van der Waals surface area contributed by atoms with E-state index in [2.05, 4.69) is 15.0 Å². The van der Waals surface area contributed by atoms with Gasteiger partial charge in [0.05, 0.1) is 16.6 Å². The van der Waals surface area contributed by atoms with Gasteiger partial charge in [-0.15, -0.1) is 0 Å². The first-order valence-electron chi connectivity index (χ1n) is 10.7. The summed E-state index contributed by atoms with van der Waals surface area (Å²) in [5.41, 5.74) is 2.47. The highest BCUT2D eigenvalue weighted by Crippen LogP contribution is 2.41. The van der Waals surface area contributed by atoms with E-state index in [0.29, 0.717) is 17.6 Å². The van der Waals surface area contributed by atoms with Crippen molar-refractivity contribution in [3.05, 3.63) is 109 Å². The summed E-state index contributed by atoms with van der Waals surface area (Å²) in [6.45, 7) is 0. The van der Waals surface area contributed by atoms with Crippen LogP contribution in [0, 0.1) is 0 Å². The van der Waals surface area contributed by atoms with Gasteiger partial charge < -0.3 is 13.6 Å². The summed E-state index contributed by atoms with van der Waals surface area (Å²) in [4.78, 5) is 13.8. The molecular formula is C27H18N3O3P. The molecule has 0 aliphatic rings. The molecule has 0 atom stereocenters. The number of benzene rings is 3. The van der Waals surface area contributed by atoms with Gasteiger partial charge in [0, 0.05) is 34.4 Å². The van der Waals surface area contributed by atoms with Crippen molar-refractivity contribution in [3.8, 4) is 17.6 Å². The maximum atomic E-state index is 6.08. The van der Waals surface area contributed by atoms with Crippen molar-refractivity contribution in [2.24, 2.45) is 0 Å². The smallest absolute Gasteiger partial charge is 0.390 e. The maximum Gasteiger partial charge on any atom is 0.534 e. The molecule has 0 unspecified atom stereocenters. The predicted molar refractivity (Wildman–Crippen MR) is 134 cm³/mol. The van der Waals surface area contributed by atoms with Crippen molar-refractivity contribution in [1.29, 1.82) is 0 Å². The van der Waals surface area contributed by atoms with Crippen molar-refractivity contribution in [2.75, 3.05) is 0 Å². The van der Waals surface area contributed by atoms with E-state index in [1.165, 1.54) is 0 Å². The van der Waals surface area contributed by atoms with Crippen LogP contribution in [0.5, 0.6) is 17.6 Å². The van der Waals surface area contributed by atoms with Crippen molar-refractivity contribution < 1.29 is 13.6 Å². The summed E-state index contributed by atoms with van der Waals surface area (Å²) in [7, 11) is -1.94. The first-order chi connectivity index (χ1) is 16.8. The molecule has 0 N–H and O–H groups in total. The van der Waals surface area contributed by atoms with E-state index < -0.39 is 8.60 Å². The molecule has 0 spiro atoms. The average molecular weight is 463 g/mol. The van der Waals surface area contributed by atoms with Crippen molar-refractivity contribution in [1.82, 2.24) is 15.0 Å². The molecule has 0 bridgehead atoms. The lowest BCUT2D eigenvalue weighted by Crippen LogP contribution is -2.05. The molecular weight excluding hydrogens is 445 g/mol. The molecule has 6 aromatic rings. The number of hydrogen-bond donors (Lipinski definition) is 0. The van der Waals surface area contributed by atoms with Crippen LogP contribution in [0.15, 0.2) is 109 Å². The Morgan fingerprint density at radius 3 is 1.06 bits per heavy atom. The van der Waals surface area contributed by atoms with Gasteiger partial charge in [0.15, 0.2) is 0 Å². The molecule has 164 valence electrons. The van der Waals surface area contributed by atoms with Crippen LogP contribution in [0.3, 0.4) is 0 Å². The van der Waals surface area contributed by atoms with Gasteiger partial charge in [-0.25, -0.2) is 15.0 Å². The van der Waals surface area contributed by atoms with Gasteiger partial charge in [-0.3, -0.25) is 0 Å². The second-order valence-electron chi connectivity index (χ2n) is 7.52. The van der Waals surface area contributed by atoms with Crippen LogP contribution in [0.25, 0.3) is 32.7 Å². The summed E-state index contributed by atoms with van der Waals surface area (Å²) in [5.74, 6) is 1.18. The van der Waals surface area contributed by atoms with Crippen LogP contribution in [0.4, 0.5) is 0 Å². The molecule has 3 heterocycles. The second-order valence-corrected chi connectivity index (χ2v) is 8.52. The molecule has 0 saturated heterocycles. The monoisotopic (exact) mass is 463 g/mol. The van der Waals surface area contributed by atoms with Gasteiger partial charge in [0.2, 0.25) is 17.6 Å². The number of fused-ring (bicyclic) bond motifs is 3. The minimum atomic E-state index is -1.94. The molecule has 0 fully saturated rings. The zero-order chi connectivity index (χ0) is 22.7. The van der Waals surface area contributed by atoms with E-state index in [0.717, 1.165) is 32.7 Å². The van der Waals surface area contributed by atoms with E-state index in [-0.39, 0.29) is 0 Å². The highest BCUT2D eigenvalue weighted by atomic mass is 31.2. The largest absolute Gasteiger partial charge is 0.534 e. The number of hydrogen-bond acceptors (Lipinski definition) is 6. The van der Waals surface area contributed by atoms with E-state index in [1.807, 2.05) is 91.0 Å². The van der Waals surface area contributed by atoms with Crippen LogP contribution >= 0.6 is 8.60 Å². The fourth-order valence-corrected chi connectivity index (χ4v) is 4.45. The van der Waals surface area contributed by atoms with Crippen LogP contribution in [-0.4, -0.2) is 15.0 Å². The molecule has 0 aliphatic heterocycles. The van der Waals surface area contributed by atoms with Gasteiger partial charge in [-0.05, 0) is 36.4 Å². The zero-order valence-electron chi connectivity index (χ0n) is 17.9. The second kappa shape index (κ2) is 8.93. The van der Waals surface area contributed by atoms with Gasteiger partial charge in [-0.1, -0.05) is 54.6 Å². The molecule has 0 amide bonds. The number of aromatic nitrogens is 3. The minimum absolute atomic E-state index is 0.395. The first kappa shape index (κ1) is 20.3. The van der Waals surface area contributed by atoms with Crippen molar-refractivity contribution in [2.45, 2.75) is 0 Å². The number of nitrogens with zero attached hydrogens (tertiary/aromatic N) is 3. The third-order valence-electron chi connectivity index (χ3n) is 5.22. The van der Waals surface area contributed by atoms with Gasteiger partial charge in [0.25, 0.3) is 0 Å². The van der Waals surface area contributed by atoms with Crippen molar-refractivity contribution >= 4 is 41.3 Å². The Morgan fingerprint density at radius 1 is 0.382 bits per heavy atom. The van der Waals surface area contributed by atoms with E-state index in [4.69, 9.17) is 13.6 Å². The lowest BCUT2D eigenvalue weighted by molar-refractivity contribution is 0.372. The SMILES string of the molecule is c1ccc2nc(OP(Oc3ccc4ccccc4n3)Oc3ccc4ccccc4n3)ccc2c1. The molecule has 7 heteroatoms. The van der Waals surface area contributed by atoms with Crippen LogP contribution in [0.1, 0.15) is 0 Å². The van der Waals surface area contributed by atoms with E-state index in [1.54, 1.807) is 18.2 Å². The third kappa shape index (κ3) is 4.32. The average Bonchev–Trinajstić information content (AvgIpc) is 2.88. The molecule has 3 aromatic heterocycles. The number of pyridine rings is 3. The lowest BCUT2D eigenvalue weighted by atomic mass is 10.2. The molecule has 6 nitrogen and oxygen atoms in total. The molecule has 3 aromatic carbocycles. The summed E-state index contributed by atoms with van der Waals surface area (Å²) in [5, 5.41) is 3.07. The Labute approximate surface area is 196 Å². The minimum Gasteiger partial charge on any atom is -0.390 e. The Kier molecular flexibility index (Phi) is 5.34. The highest BCUT2D eigenvalue weighted by Gasteiger charge is 2.22. The van der Waals surface area contributed by atoms with Crippen molar-refractivity contribution in [3.63, 3.8) is 0 Å². The molecule has 34 heavy (non-hydrogen) atoms. The molecule has 6 rings (SSSR count). The standard InChI is InChI=1S/C27H18N3O3P/c1-4-10-22-19(7-1)13-16-25(28-22)31-34(32-26-17-14-20-8-2-5-11-23(20)29-26)33-27-18-15-21-9-3-6-12-24(21)30-27/h1-18H. The summed E-state index contributed by atoms with van der Waals surface area (Å²) in [6.07, 6.45) is 0. The van der Waals surface area contributed by atoms with E-state index >= 15 is 0 Å². The fraction of sp³-hybridized carbons (Fsp3) is 0. The Balaban J connectivity index is 1.33. The maximum absolute atomic E-state index is 6.08. The van der Waals surface area contributed by atoms with Crippen LogP contribution in [0.2, 0.25) is 0 Å². The lowest BCUT2D eigenvalue weighted by Gasteiger charge is -2.17. The van der Waals surface area contributed by atoms with Gasteiger partial charge in [0.1, 0.15) is 0 Å². The summed E-state index contributed by atoms with van der Waals surface area (Å²) in [6, 6.07) is 34.8. The summed E-state index contributed by atoms with van der Waals surface area (Å²) >= 11 is 0. The Hall–Kier alpha value is -4.28. The topological polar surface area (TPSA) is 66.4 Å². The number of para-hydroxylation sites is 3. The molecule has 0 aliphatic carbocycles. The Morgan fingerprint density at radius 2 is 0.706 bits per heavy atom. The van der Waals surface area contributed by atoms with Crippen LogP contribution in [-0.2, 0) is 0 Å². The zero-order valence-corrected chi connectivity index (χ0v) is 18.8. The normalized spacial score (nSPS) is 11.2. The Bertz CT molecular complexity index is 1430. The van der Waals surface area contributed by atoms with E-state index in [9.17, 15) is 0 Å². The molecule has 0 radical (unpaired) electrons. The van der Waals surface area contributed by atoms with Gasteiger partial charge in [-0.2, -0.15) is 0 Å². The number of rotatable bonds is 6. The predicted octanol–water partition coefficient (Wildman–Crippen LogP) is 7.09. The fourth-order valence-electron chi connectivity index (χ4n) is 3.58. The third-order valence-corrected chi connectivity index (χ3v) is 6.23. The first-order valence-corrected chi connectivity index (χ1v) is 11.8. The molecule has 0 saturated carbocycles. The van der Waals surface area contributed by atoms with Gasteiger partial charge >= 0.3 is 8.60 Å². The highest BCUT2D eigenvalue weighted by molar-refractivity contribution is 7.43.